The summed E-state index contributed by atoms with van der Waals surface area (Å²) < 4.78 is 5.57. The average Bonchev–Trinajstić information content (AvgIpc) is 3.26. The molecule has 0 saturated carbocycles. The molecule has 0 unspecified atom stereocenters. The number of hydrogen-bond acceptors (Lipinski definition) is 4. The summed E-state index contributed by atoms with van der Waals surface area (Å²) >= 11 is 0. The van der Waals surface area contributed by atoms with E-state index in [0.29, 0.717) is 6.54 Å². The normalized spacial score (nSPS) is 20.8. The van der Waals surface area contributed by atoms with Crippen molar-refractivity contribution in [3.63, 3.8) is 0 Å². The zero-order valence-electron chi connectivity index (χ0n) is 15.0. The van der Waals surface area contributed by atoms with Crippen molar-refractivity contribution in [1.29, 1.82) is 0 Å². The average molecular weight is 341 g/mol. The molecule has 2 atom stereocenters. The molecular formula is C20H27N3O2. The maximum absolute atomic E-state index is 12.9. The number of carbonyl (C=O) groups excluding carboxylic acids is 1. The minimum absolute atomic E-state index is 0.0419. The number of likely N-dealkylation sites (tertiary alicyclic amines) is 1. The molecule has 1 aliphatic heterocycles. The van der Waals surface area contributed by atoms with Crippen molar-refractivity contribution in [2.75, 3.05) is 19.6 Å². The highest BCUT2D eigenvalue weighted by Gasteiger charge is 2.37. The SMILES string of the molecule is CCN(CC)C(=O)[C@@H]1C[C@H](N)CN1Cc1ccccc1-c1ccco1. The van der Waals surface area contributed by atoms with E-state index in [9.17, 15) is 4.79 Å². The van der Waals surface area contributed by atoms with Gasteiger partial charge in [0.05, 0.1) is 12.3 Å². The highest BCUT2D eigenvalue weighted by atomic mass is 16.3. The number of furan rings is 1. The molecule has 0 aliphatic carbocycles. The van der Waals surface area contributed by atoms with Gasteiger partial charge in [0.15, 0.2) is 0 Å². The topological polar surface area (TPSA) is 62.7 Å². The molecule has 1 aromatic carbocycles. The van der Waals surface area contributed by atoms with Gasteiger partial charge in [0.25, 0.3) is 0 Å². The first-order chi connectivity index (χ1) is 12.1. The van der Waals surface area contributed by atoms with E-state index in [-0.39, 0.29) is 18.0 Å². The summed E-state index contributed by atoms with van der Waals surface area (Å²) in [6.45, 7) is 6.95. The first-order valence-corrected chi connectivity index (χ1v) is 9.04. The fraction of sp³-hybridized carbons (Fsp3) is 0.450. The third-order valence-corrected chi connectivity index (χ3v) is 4.97. The molecular weight excluding hydrogens is 314 g/mol. The van der Waals surface area contributed by atoms with Gasteiger partial charge in [0.2, 0.25) is 5.91 Å². The lowest BCUT2D eigenvalue weighted by Gasteiger charge is -2.29. The second kappa shape index (κ2) is 7.85. The monoisotopic (exact) mass is 341 g/mol. The predicted molar refractivity (Wildman–Crippen MR) is 98.9 cm³/mol. The number of carbonyl (C=O) groups is 1. The van der Waals surface area contributed by atoms with E-state index in [0.717, 1.165) is 42.9 Å². The summed E-state index contributed by atoms with van der Waals surface area (Å²) in [6, 6.07) is 12.0. The van der Waals surface area contributed by atoms with E-state index in [2.05, 4.69) is 17.0 Å². The van der Waals surface area contributed by atoms with Crippen LogP contribution in [0.15, 0.2) is 47.1 Å². The summed E-state index contributed by atoms with van der Waals surface area (Å²) in [5.74, 6) is 1.04. The number of amides is 1. The Kier molecular flexibility index (Phi) is 5.56. The molecule has 5 heteroatoms. The molecule has 1 amide bonds. The van der Waals surface area contributed by atoms with Crippen molar-refractivity contribution in [1.82, 2.24) is 9.80 Å². The number of nitrogens with two attached hydrogens (primary N) is 1. The molecule has 2 aromatic rings. The third kappa shape index (κ3) is 3.78. The van der Waals surface area contributed by atoms with Crippen molar-refractivity contribution in [3.05, 3.63) is 48.2 Å². The van der Waals surface area contributed by atoms with Crippen LogP contribution in [0.3, 0.4) is 0 Å². The molecule has 0 bridgehead atoms. The predicted octanol–water partition coefficient (Wildman–Crippen LogP) is 2.72. The van der Waals surface area contributed by atoms with E-state index >= 15 is 0 Å². The van der Waals surface area contributed by atoms with E-state index in [1.165, 1.54) is 0 Å². The van der Waals surface area contributed by atoms with Gasteiger partial charge in [0, 0.05) is 37.8 Å². The molecule has 0 spiro atoms. The summed E-state index contributed by atoms with van der Waals surface area (Å²) in [6.07, 6.45) is 2.41. The molecule has 0 radical (unpaired) electrons. The molecule has 3 rings (SSSR count). The summed E-state index contributed by atoms with van der Waals surface area (Å²) in [4.78, 5) is 17.0. The van der Waals surface area contributed by atoms with Crippen LogP contribution in [-0.4, -0.2) is 47.4 Å². The van der Waals surface area contributed by atoms with Crippen molar-refractivity contribution in [2.24, 2.45) is 5.73 Å². The van der Waals surface area contributed by atoms with Gasteiger partial charge in [-0.2, -0.15) is 0 Å². The molecule has 5 nitrogen and oxygen atoms in total. The van der Waals surface area contributed by atoms with Crippen molar-refractivity contribution >= 4 is 5.91 Å². The van der Waals surface area contributed by atoms with Crippen LogP contribution in [0.1, 0.15) is 25.8 Å². The Balaban J connectivity index is 1.83. The number of hydrogen-bond donors (Lipinski definition) is 1. The molecule has 2 N–H and O–H groups in total. The van der Waals surface area contributed by atoms with Gasteiger partial charge < -0.3 is 15.1 Å². The molecule has 1 aromatic heterocycles. The fourth-order valence-corrected chi connectivity index (χ4v) is 3.67. The number of rotatable bonds is 6. The Morgan fingerprint density at radius 1 is 1.24 bits per heavy atom. The Bertz CT molecular complexity index is 695. The van der Waals surface area contributed by atoms with Gasteiger partial charge in [-0.05, 0) is 38.0 Å². The molecule has 25 heavy (non-hydrogen) atoms. The van der Waals surface area contributed by atoms with E-state index in [1.54, 1.807) is 6.26 Å². The summed E-state index contributed by atoms with van der Waals surface area (Å²) in [5, 5.41) is 0. The Labute approximate surface area is 149 Å². The Hall–Kier alpha value is -2.11. The van der Waals surface area contributed by atoms with Crippen LogP contribution in [0, 0.1) is 0 Å². The van der Waals surface area contributed by atoms with E-state index < -0.39 is 0 Å². The van der Waals surface area contributed by atoms with Crippen molar-refractivity contribution in [2.45, 2.75) is 38.9 Å². The van der Waals surface area contributed by atoms with Crippen LogP contribution in [0.4, 0.5) is 0 Å². The minimum atomic E-state index is -0.139. The van der Waals surface area contributed by atoms with Gasteiger partial charge in [0.1, 0.15) is 5.76 Å². The maximum Gasteiger partial charge on any atom is 0.239 e. The lowest BCUT2D eigenvalue weighted by Crippen LogP contribution is -2.45. The van der Waals surface area contributed by atoms with Crippen LogP contribution in [0.5, 0.6) is 0 Å². The quantitative estimate of drug-likeness (QED) is 0.877. The van der Waals surface area contributed by atoms with Crippen molar-refractivity contribution < 1.29 is 9.21 Å². The standard InChI is InChI=1S/C20H27N3O2/c1-3-22(4-2)20(24)18-12-16(21)14-23(18)13-15-8-5-6-9-17(15)19-10-7-11-25-19/h5-11,16,18H,3-4,12-14,21H2,1-2H3/t16-,18-/m0/s1. The highest BCUT2D eigenvalue weighted by Crippen LogP contribution is 2.28. The van der Waals surface area contributed by atoms with Crippen LogP contribution in [0.25, 0.3) is 11.3 Å². The molecule has 2 heterocycles. The maximum atomic E-state index is 12.9. The molecule has 134 valence electrons. The molecule has 1 saturated heterocycles. The van der Waals surface area contributed by atoms with Crippen molar-refractivity contribution in [3.8, 4) is 11.3 Å². The largest absolute Gasteiger partial charge is 0.464 e. The van der Waals surface area contributed by atoms with Gasteiger partial charge in [-0.25, -0.2) is 0 Å². The van der Waals surface area contributed by atoms with Crippen LogP contribution in [-0.2, 0) is 11.3 Å². The van der Waals surface area contributed by atoms with E-state index in [4.69, 9.17) is 10.2 Å². The Morgan fingerprint density at radius 3 is 2.68 bits per heavy atom. The minimum Gasteiger partial charge on any atom is -0.464 e. The van der Waals surface area contributed by atoms with Gasteiger partial charge in [-0.3, -0.25) is 9.69 Å². The zero-order valence-corrected chi connectivity index (χ0v) is 15.0. The summed E-state index contributed by atoms with van der Waals surface area (Å²) in [7, 11) is 0. The second-order valence-corrected chi connectivity index (χ2v) is 6.59. The number of nitrogens with zero attached hydrogens (tertiary/aromatic N) is 2. The zero-order chi connectivity index (χ0) is 17.8. The third-order valence-electron chi connectivity index (χ3n) is 4.97. The van der Waals surface area contributed by atoms with Gasteiger partial charge in [-0.1, -0.05) is 24.3 Å². The van der Waals surface area contributed by atoms with Crippen LogP contribution >= 0.6 is 0 Å². The van der Waals surface area contributed by atoms with Gasteiger partial charge in [-0.15, -0.1) is 0 Å². The molecule has 1 fully saturated rings. The smallest absolute Gasteiger partial charge is 0.239 e. The molecule has 1 aliphatic rings. The second-order valence-electron chi connectivity index (χ2n) is 6.59. The van der Waals surface area contributed by atoms with Gasteiger partial charge >= 0.3 is 0 Å². The lowest BCUT2D eigenvalue weighted by molar-refractivity contribution is -0.135. The highest BCUT2D eigenvalue weighted by molar-refractivity contribution is 5.82. The van der Waals surface area contributed by atoms with Crippen LogP contribution in [0.2, 0.25) is 0 Å². The fourth-order valence-electron chi connectivity index (χ4n) is 3.67. The first-order valence-electron chi connectivity index (χ1n) is 9.04. The lowest BCUT2D eigenvalue weighted by atomic mass is 10.0. The Morgan fingerprint density at radius 2 is 2.00 bits per heavy atom. The number of likely N-dealkylation sites (N-methyl/N-ethyl adjacent to an activating group) is 1. The first kappa shape index (κ1) is 17.7. The van der Waals surface area contributed by atoms with E-state index in [1.807, 2.05) is 43.0 Å². The summed E-state index contributed by atoms with van der Waals surface area (Å²) in [5.41, 5.74) is 8.42. The number of benzene rings is 1. The van der Waals surface area contributed by atoms with Crippen LogP contribution < -0.4 is 5.73 Å².